The first-order valence-electron chi connectivity index (χ1n) is 11.7. The first-order chi connectivity index (χ1) is 14.1. The summed E-state index contributed by atoms with van der Waals surface area (Å²) in [5.41, 5.74) is 1.28. The Kier molecular flexibility index (Phi) is 5.21. The average molecular weight is 415 g/mol. The Hall–Kier alpha value is -1.36. The van der Waals surface area contributed by atoms with Crippen LogP contribution in [0.25, 0.3) is 0 Å². The molecule has 1 N–H and O–H groups in total. The van der Waals surface area contributed by atoms with E-state index in [1.165, 1.54) is 29.7 Å². The summed E-state index contributed by atoms with van der Waals surface area (Å²) < 4.78 is 0. The maximum absolute atomic E-state index is 13.0. The monoisotopic (exact) mass is 414 g/mol. The first-order valence-corrected chi connectivity index (χ1v) is 12.6. The van der Waals surface area contributed by atoms with Gasteiger partial charge >= 0.3 is 0 Å². The molecule has 6 rings (SSSR count). The molecule has 1 aromatic rings. The number of rotatable bonds is 6. The van der Waals surface area contributed by atoms with E-state index < -0.39 is 0 Å². The third-order valence-corrected chi connectivity index (χ3v) is 9.17. The fourth-order valence-corrected chi connectivity index (χ4v) is 8.22. The summed E-state index contributed by atoms with van der Waals surface area (Å²) in [6.45, 7) is 3.65. The summed E-state index contributed by atoms with van der Waals surface area (Å²) in [7, 11) is 0. The number of nitrogens with zero attached hydrogens (tertiary/aromatic N) is 1. The van der Waals surface area contributed by atoms with Gasteiger partial charge in [0.2, 0.25) is 11.8 Å². The van der Waals surface area contributed by atoms with E-state index in [1.807, 2.05) is 11.3 Å². The standard InChI is InChI=1S/C24H34N2O2S/c1-2-20-19-6-9-29-21(19)5-8-26(20)22(27)4-3-7-25-23(28)24-13-16-10-17(14-24)12-18(11-16)15-24/h6,9,16-18,20H,2-5,7-8,10-15H2,1H3,(H,25,28). The molecule has 1 unspecified atom stereocenters. The number of amides is 2. The molecular formula is C24H34N2O2S. The van der Waals surface area contributed by atoms with E-state index in [9.17, 15) is 9.59 Å². The third-order valence-electron chi connectivity index (χ3n) is 8.17. The van der Waals surface area contributed by atoms with Crippen molar-refractivity contribution in [3.05, 3.63) is 21.9 Å². The van der Waals surface area contributed by atoms with Crippen LogP contribution in [0, 0.1) is 23.2 Å². The molecule has 4 saturated carbocycles. The number of carbonyl (C=O) groups excluding carboxylic acids is 2. The Bertz CT molecular complexity index is 750. The van der Waals surface area contributed by atoms with E-state index in [2.05, 4.69) is 28.6 Å². The molecule has 5 heteroatoms. The molecule has 0 aromatic carbocycles. The first kappa shape index (κ1) is 19.6. The second kappa shape index (κ2) is 7.72. The molecule has 0 saturated heterocycles. The lowest BCUT2D eigenvalue weighted by molar-refractivity contribution is -0.146. The van der Waals surface area contributed by atoms with Crippen LogP contribution in [-0.4, -0.2) is 29.8 Å². The molecule has 29 heavy (non-hydrogen) atoms. The van der Waals surface area contributed by atoms with Crippen LogP contribution in [0.2, 0.25) is 0 Å². The molecule has 4 nitrogen and oxygen atoms in total. The summed E-state index contributed by atoms with van der Waals surface area (Å²) in [6.07, 6.45) is 10.7. The van der Waals surface area contributed by atoms with Crippen molar-refractivity contribution in [3.8, 4) is 0 Å². The largest absolute Gasteiger partial charge is 0.356 e. The van der Waals surface area contributed by atoms with E-state index in [0.717, 1.165) is 62.8 Å². The number of nitrogens with one attached hydrogen (secondary N) is 1. The molecule has 4 aliphatic carbocycles. The highest BCUT2D eigenvalue weighted by Gasteiger charge is 2.54. The zero-order valence-corrected chi connectivity index (χ0v) is 18.4. The Labute approximate surface area is 178 Å². The SMILES string of the molecule is CCC1c2ccsc2CCN1C(=O)CCCNC(=O)C12CC3CC(CC(C3)C1)C2. The maximum atomic E-state index is 13.0. The molecular weight excluding hydrogens is 380 g/mol. The van der Waals surface area contributed by atoms with Crippen LogP contribution in [0.1, 0.15) is 81.2 Å². The van der Waals surface area contributed by atoms with Gasteiger partial charge in [0.15, 0.2) is 0 Å². The maximum Gasteiger partial charge on any atom is 0.226 e. The molecule has 158 valence electrons. The molecule has 4 fully saturated rings. The summed E-state index contributed by atoms with van der Waals surface area (Å²) >= 11 is 1.82. The molecule has 2 amide bonds. The predicted molar refractivity (Wildman–Crippen MR) is 116 cm³/mol. The Balaban J connectivity index is 1.11. The van der Waals surface area contributed by atoms with Crippen LogP contribution in [0.5, 0.6) is 0 Å². The van der Waals surface area contributed by atoms with Crippen molar-refractivity contribution in [2.75, 3.05) is 13.1 Å². The lowest BCUT2D eigenvalue weighted by Gasteiger charge is -2.55. The second-order valence-corrected chi connectivity index (χ2v) is 11.1. The molecule has 5 aliphatic rings. The lowest BCUT2D eigenvalue weighted by Crippen LogP contribution is -2.53. The number of hydrogen-bond acceptors (Lipinski definition) is 3. The minimum absolute atomic E-state index is 0.0751. The zero-order chi connectivity index (χ0) is 20.0. The van der Waals surface area contributed by atoms with Crippen molar-refractivity contribution in [3.63, 3.8) is 0 Å². The normalized spacial score (nSPS) is 34.9. The highest BCUT2D eigenvalue weighted by atomic mass is 32.1. The molecule has 2 heterocycles. The fourth-order valence-electron chi connectivity index (χ4n) is 7.30. The van der Waals surface area contributed by atoms with Crippen LogP contribution < -0.4 is 5.32 Å². The Morgan fingerprint density at radius 1 is 1.17 bits per heavy atom. The number of hydrogen-bond donors (Lipinski definition) is 1. The predicted octanol–water partition coefficient (Wildman–Crippen LogP) is 4.70. The molecule has 4 bridgehead atoms. The van der Waals surface area contributed by atoms with Gasteiger partial charge in [0.1, 0.15) is 0 Å². The van der Waals surface area contributed by atoms with Gasteiger partial charge in [0, 0.05) is 29.8 Å². The van der Waals surface area contributed by atoms with Crippen LogP contribution >= 0.6 is 11.3 Å². The van der Waals surface area contributed by atoms with Gasteiger partial charge in [-0.1, -0.05) is 6.92 Å². The quantitative estimate of drug-likeness (QED) is 0.686. The van der Waals surface area contributed by atoms with E-state index in [1.54, 1.807) is 0 Å². The van der Waals surface area contributed by atoms with Crippen molar-refractivity contribution in [2.45, 2.75) is 77.2 Å². The van der Waals surface area contributed by atoms with Gasteiger partial charge in [-0.2, -0.15) is 0 Å². The average Bonchev–Trinajstić information content (AvgIpc) is 3.18. The molecule has 0 spiro atoms. The fraction of sp³-hybridized carbons (Fsp3) is 0.750. The van der Waals surface area contributed by atoms with E-state index in [-0.39, 0.29) is 23.3 Å². The van der Waals surface area contributed by atoms with Crippen molar-refractivity contribution in [2.24, 2.45) is 23.2 Å². The topological polar surface area (TPSA) is 49.4 Å². The van der Waals surface area contributed by atoms with Gasteiger partial charge in [0.25, 0.3) is 0 Å². The van der Waals surface area contributed by atoms with Gasteiger partial charge in [-0.25, -0.2) is 0 Å². The smallest absolute Gasteiger partial charge is 0.226 e. The number of carbonyl (C=O) groups is 2. The highest BCUT2D eigenvalue weighted by molar-refractivity contribution is 7.10. The third kappa shape index (κ3) is 3.54. The van der Waals surface area contributed by atoms with Crippen LogP contribution in [0.4, 0.5) is 0 Å². The number of thiophene rings is 1. The van der Waals surface area contributed by atoms with Crippen molar-refractivity contribution < 1.29 is 9.59 Å². The molecule has 1 aliphatic heterocycles. The highest BCUT2D eigenvalue weighted by Crippen LogP contribution is 2.60. The summed E-state index contributed by atoms with van der Waals surface area (Å²) in [5, 5.41) is 5.38. The molecule has 1 atom stereocenters. The number of fused-ring (bicyclic) bond motifs is 1. The molecule has 0 radical (unpaired) electrons. The Morgan fingerprint density at radius 3 is 2.52 bits per heavy atom. The zero-order valence-electron chi connectivity index (χ0n) is 17.6. The van der Waals surface area contributed by atoms with Crippen LogP contribution in [0.3, 0.4) is 0 Å². The lowest BCUT2D eigenvalue weighted by atomic mass is 9.49. The van der Waals surface area contributed by atoms with Crippen molar-refractivity contribution in [1.29, 1.82) is 0 Å². The van der Waals surface area contributed by atoms with Crippen LogP contribution in [0.15, 0.2) is 11.4 Å². The molecule has 1 aromatic heterocycles. The summed E-state index contributed by atoms with van der Waals surface area (Å²) in [4.78, 5) is 29.5. The second-order valence-electron chi connectivity index (χ2n) is 10.1. The van der Waals surface area contributed by atoms with Gasteiger partial charge in [0.05, 0.1) is 6.04 Å². The minimum Gasteiger partial charge on any atom is -0.356 e. The van der Waals surface area contributed by atoms with Gasteiger partial charge in [-0.05, 0) is 92.6 Å². The summed E-state index contributed by atoms with van der Waals surface area (Å²) in [5.74, 6) is 2.91. The minimum atomic E-state index is -0.0751. The van der Waals surface area contributed by atoms with Gasteiger partial charge in [-0.3, -0.25) is 9.59 Å². The van der Waals surface area contributed by atoms with E-state index in [0.29, 0.717) is 13.0 Å². The van der Waals surface area contributed by atoms with Crippen molar-refractivity contribution >= 4 is 23.2 Å². The van der Waals surface area contributed by atoms with Crippen LogP contribution in [-0.2, 0) is 16.0 Å². The van der Waals surface area contributed by atoms with Gasteiger partial charge < -0.3 is 10.2 Å². The van der Waals surface area contributed by atoms with E-state index in [4.69, 9.17) is 0 Å². The van der Waals surface area contributed by atoms with Crippen molar-refractivity contribution in [1.82, 2.24) is 10.2 Å². The Morgan fingerprint density at radius 2 is 1.86 bits per heavy atom. The summed E-state index contributed by atoms with van der Waals surface area (Å²) in [6, 6.07) is 2.43. The van der Waals surface area contributed by atoms with E-state index >= 15 is 0 Å². The van der Waals surface area contributed by atoms with Gasteiger partial charge in [-0.15, -0.1) is 11.3 Å².